The van der Waals surface area contributed by atoms with Crippen LogP contribution in [0.2, 0.25) is 0 Å². The Bertz CT molecular complexity index is 1490. The fraction of sp³-hybridized carbons (Fsp3) is 0.321. The fourth-order valence-electron chi connectivity index (χ4n) is 5.33. The van der Waals surface area contributed by atoms with Crippen molar-refractivity contribution in [1.29, 1.82) is 0 Å². The highest BCUT2D eigenvalue weighted by atomic mass is 16.5. The number of aromatic amines is 2. The maximum Gasteiger partial charge on any atom is 0.165 e. The van der Waals surface area contributed by atoms with Crippen molar-refractivity contribution in [3.8, 4) is 28.4 Å². The summed E-state index contributed by atoms with van der Waals surface area (Å²) in [7, 11) is 1.69. The Labute approximate surface area is 204 Å². The number of benzene rings is 3. The SMILES string of the molecule is COc1ccc2cc(-c3n[nH]c4ccc(-c5nc(CN6[C@H](C)CCC[C@@H]6C)n[nH]5)cc34)ccc2c1. The number of piperidine rings is 1. The average Bonchev–Trinajstić information content (AvgIpc) is 3.52. The third-order valence-corrected chi connectivity index (χ3v) is 7.39. The van der Waals surface area contributed by atoms with E-state index in [1.807, 2.05) is 12.1 Å². The first-order valence-corrected chi connectivity index (χ1v) is 12.3. The van der Waals surface area contributed by atoms with E-state index in [-0.39, 0.29) is 0 Å². The van der Waals surface area contributed by atoms with Crippen molar-refractivity contribution in [3.05, 3.63) is 60.4 Å². The number of methoxy groups -OCH3 is 1. The van der Waals surface area contributed by atoms with E-state index < -0.39 is 0 Å². The summed E-state index contributed by atoms with van der Waals surface area (Å²) in [6.45, 7) is 5.39. The van der Waals surface area contributed by atoms with Gasteiger partial charge in [0.05, 0.1) is 24.9 Å². The van der Waals surface area contributed by atoms with E-state index in [0.717, 1.165) is 62.4 Å². The molecule has 35 heavy (non-hydrogen) atoms. The molecule has 1 fully saturated rings. The van der Waals surface area contributed by atoms with E-state index in [1.165, 1.54) is 19.3 Å². The zero-order chi connectivity index (χ0) is 23.9. The van der Waals surface area contributed by atoms with Crippen LogP contribution >= 0.6 is 0 Å². The van der Waals surface area contributed by atoms with Gasteiger partial charge in [0, 0.05) is 28.6 Å². The molecule has 7 heteroatoms. The highest BCUT2D eigenvalue weighted by molar-refractivity contribution is 5.97. The summed E-state index contributed by atoms with van der Waals surface area (Å²) in [5, 5.41) is 18.9. The molecule has 0 radical (unpaired) electrons. The van der Waals surface area contributed by atoms with E-state index in [4.69, 9.17) is 9.72 Å². The van der Waals surface area contributed by atoms with Gasteiger partial charge in [-0.25, -0.2) is 4.98 Å². The largest absolute Gasteiger partial charge is 0.497 e. The van der Waals surface area contributed by atoms with Gasteiger partial charge in [0.25, 0.3) is 0 Å². The van der Waals surface area contributed by atoms with Crippen molar-refractivity contribution in [3.63, 3.8) is 0 Å². The number of likely N-dealkylation sites (tertiary alicyclic amines) is 1. The van der Waals surface area contributed by atoms with Gasteiger partial charge in [0.1, 0.15) is 5.75 Å². The Morgan fingerprint density at radius 3 is 2.49 bits per heavy atom. The first kappa shape index (κ1) is 21.8. The number of aromatic nitrogens is 5. The lowest BCUT2D eigenvalue weighted by atomic mass is 9.97. The molecule has 0 aliphatic carbocycles. The van der Waals surface area contributed by atoms with Crippen LogP contribution in [0.4, 0.5) is 0 Å². The molecule has 3 aromatic carbocycles. The van der Waals surface area contributed by atoms with E-state index in [0.29, 0.717) is 12.1 Å². The summed E-state index contributed by atoms with van der Waals surface area (Å²) in [5.74, 6) is 2.49. The Kier molecular flexibility index (Phi) is 5.49. The predicted molar refractivity (Wildman–Crippen MR) is 139 cm³/mol. The highest BCUT2D eigenvalue weighted by Crippen LogP contribution is 2.32. The lowest BCUT2D eigenvalue weighted by Gasteiger charge is -2.38. The Morgan fingerprint density at radius 1 is 0.886 bits per heavy atom. The van der Waals surface area contributed by atoms with Crippen LogP contribution in [0.15, 0.2) is 54.6 Å². The minimum Gasteiger partial charge on any atom is -0.497 e. The second-order valence-electron chi connectivity index (χ2n) is 9.66. The maximum atomic E-state index is 5.36. The Balaban J connectivity index is 1.31. The van der Waals surface area contributed by atoms with Gasteiger partial charge < -0.3 is 4.74 Å². The molecule has 2 N–H and O–H groups in total. The predicted octanol–water partition coefficient (Wildman–Crippen LogP) is 5.94. The smallest absolute Gasteiger partial charge is 0.165 e. The first-order valence-electron chi connectivity index (χ1n) is 12.3. The summed E-state index contributed by atoms with van der Waals surface area (Å²) >= 11 is 0. The number of H-pyrrole nitrogens is 2. The minimum atomic E-state index is 0.563. The molecule has 1 aliphatic rings. The van der Waals surface area contributed by atoms with Crippen molar-refractivity contribution in [2.24, 2.45) is 0 Å². The van der Waals surface area contributed by atoms with Crippen molar-refractivity contribution < 1.29 is 4.74 Å². The van der Waals surface area contributed by atoms with Crippen LogP contribution < -0.4 is 4.74 Å². The van der Waals surface area contributed by atoms with Gasteiger partial charge in [-0.15, -0.1) is 0 Å². The topological polar surface area (TPSA) is 82.7 Å². The van der Waals surface area contributed by atoms with Gasteiger partial charge in [-0.1, -0.05) is 24.6 Å². The molecule has 1 aliphatic heterocycles. The second-order valence-corrected chi connectivity index (χ2v) is 9.66. The molecule has 0 bridgehead atoms. The molecule has 0 amide bonds. The van der Waals surface area contributed by atoms with E-state index in [1.54, 1.807) is 7.11 Å². The number of rotatable bonds is 5. The molecule has 2 atom stereocenters. The number of hydrogen-bond donors (Lipinski definition) is 2. The van der Waals surface area contributed by atoms with Gasteiger partial charge >= 0.3 is 0 Å². The van der Waals surface area contributed by atoms with Crippen LogP contribution in [-0.2, 0) is 6.54 Å². The fourth-order valence-corrected chi connectivity index (χ4v) is 5.33. The summed E-state index contributed by atoms with van der Waals surface area (Å²) in [6, 6.07) is 19.9. The van der Waals surface area contributed by atoms with Crippen molar-refractivity contribution in [2.75, 3.05) is 7.11 Å². The van der Waals surface area contributed by atoms with E-state index >= 15 is 0 Å². The van der Waals surface area contributed by atoms with E-state index in [9.17, 15) is 0 Å². The minimum absolute atomic E-state index is 0.563. The Morgan fingerprint density at radius 2 is 1.66 bits per heavy atom. The number of fused-ring (bicyclic) bond motifs is 2. The molecule has 0 saturated carbocycles. The molecular weight excluding hydrogens is 436 g/mol. The van der Waals surface area contributed by atoms with Crippen molar-refractivity contribution >= 4 is 21.7 Å². The zero-order valence-electron chi connectivity index (χ0n) is 20.4. The van der Waals surface area contributed by atoms with Gasteiger partial charge in [-0.05, 0) is 73.9 Å². The standard InChI is InChI=1S/C28H30N6O/c1-17-5-4-6-18(2)34(17)16-26-29-28(33-31-26)22-10-12-25-24(15-22)27(32-30-25)21-8-7-20-14-23(35-3)11-9-19(20)13-21/h7-15,17-18H,4-6,16H2,1-3H3,(H,30,32)(H,29,31,33)/t17-,18+. The summed E-state index contributed by atoms with van der Waals surface area (Å²) < 4.78 is 5.36. The van der Waals surface area contributed by atoms with Crippen molar-refractivity contribution in [2.45, 2.75) is 51.7 Å². The van der Waals surface area contributed by atoms with Crippen LogP contribution in [0.25, 0.3) is 44.3 Å². The quantitative estimate of drug-likeness (QED) is 0.335. The monoisotopic (exact) mass is 466 g/mol. The molecule has 1 saturated heterocycles. The molecule has 5 aromatic rings. The summed E-state index contributed by atoms with van der Waals surface area (Å²) in [5.41, 5.74) is 3.99. The van der Waals surface area contributed by atoms with Crippen LogP contribution in [0.1, 0.15) is 38.9 Å². The van der Waals surface area contributed by atoms with Crippen LogP contribution in [0.5, 0.6) is 5.75 Å². The zero-order valence-corrected chi connectivity index (χ0v) is 20.4. The molecule has 178 valence electrons. The second kappa shape index (κ2) is 8.82. The molecule has 7 nitrogen and oxygen atoms in total. The maximum absolute atomic E-state index is 5.36. The third-order valence-electron chi connectivity index (χ3n) is 7.39. The molecule has 0 unspecified atom stereocenters. The molecule has 3 heterocycles. The number of nitrogens with one attached hydrogen (secondary N) is 2. The van der Waals surface area contributed by atoms with Gasteiger partial charge in [0.2, 0.25) is 0 Å². The Hall–Kier alpha value is -3.71. The third kappa shape index (κ3) is 4.06. The molecule has 6 rings (SSSR count). The van der Waals surface area contributed by atoms with Crippen molar-refractivity contribution in [1.82, 2.24) is 30.3 Å². The number of ether oxygens (including phenoxy) is 1. The van der Waals surface area contributed by atoms with Gasteiger partial charge in [-0.2, -0.15) is 10.2 Å². The lowest BCUT2D eigenvalue weighted by Crippen LogP contribution is -2.43. The molecule has 0 spiro atoms. The van der Waals surface area contributed by atoms with Crippen LogP contribution in [0.3, 0.4) is 0 Å². The van der Waals surface area contributed by atoms with Gasteiger partial charge in [0.15, 0.2) is 11.6 Å². The highest BCUT2D eigenvalue weighted by Gasteiger charge is 2.26. The number of hydrogen-bond acceptors (Lipinski definition) is 5. The summed E-state index contributed by atoms with van der Waals surface area (Å²) in [4.78, 5) is 7.36. The normalized spacial score (nSPS) is 18.9. The average molecular weight is 467 g/mol. The first-order chi connectivity index (χ1) is 17.1. The lowest BCUT2D eigenvalue weighted by molar-refractivity contribution is 0.0924. The number of nitrogens with zero attached hydrogens (tertiary/aromatic N) is 4. The van der Waals surface area contributed by atoms with Crippen LogP contribution in [-0.4, -0.2) is 49.5 Å². The summed E-state index contributed by atoms with van der Waals surface area (Å²) in [6.07, 6.45) is 3.78. The molecular formula is C28H30N6O. The molecule has 2 aromatic heterocycles. The van der Waals surface area contributed by atoms with Crippen LogP contribution in [0, 0.1) is 0 Å². The van der Waals surface area contributed by atoms with Gasteiger partial charge in [-0.3, -0.25) is 15.1 Å². The van der Waals surface area contributed by atoms with E-state index in [2.05, 4.69) is 81.6 Å².